The van der Waals surface area contributed by atoms with E-state index >= 15 is 0 Å². The number of amides is 2. The zero-order valence-electron chi connectivity index (χ0n) is 16.1. The van der Waals surface area contributed by atoms with E-state index in [4.69, 9.17) is 10.5 Å². The van der Waals surface area contributed by atoms with Gasteiger partial charge in [-0.15, -0.1) is 12.4 Å². The Morgan fingerprint density at radius 2 is 1.93 bits per heavy atom. The quantitative estimate of drug-likeness (QED) is 0.626. The number of nitrogens with one attached hydrogen (secondary N) is 1. The van der Waals surface area contributed by atoms with Gasteiger partial charge in [0.1, 0.15) is 0 Å². The Hall–Kier alpha value is -1.63. The summed E-state index contributed by atoms with van der Waals surface area (Å²) in [6.45, 7) is 5.22. The van der Waals surface area contributed by atoms with E-state index in [2.05, 4.69) is 5.32 Å². The standard InChI is InChI=1S/C20H31N3O3.ClH/c1-2-26-14-6-11-22-20(25)17-9-12-23(13-10-17)19(24)15-18(21)16-7-4-3-5-8-16;/h3-5,7-8,17-18H,2,6,9-15,21H2,1H3,(H,22,25);1H. The molecule has 1 unspecified atom stereocenters. The number of nitrogens with zero attached hydrogens (tertiary/aromatic N) is 1. The van der Waals surface area contributed by atoms with Crippen LogP contribution in [-0.4, -0.2) is 49.6 Å². The van der Waals surface area contributed by atoms with Crippen LogP contribution in [0.4, 0.5) is 0 Å². The summed E-state index contributed by atoms with van der Waals surface area (Å²) in [4.78, 5) is 26.5. The highest BCUT2D eigenvalue weighted by atomic mass is 35.5. The van der Waals surface area contributed by atoms with Crippen molar-refractivity contribution in [1.29, 1.82) is 0 Å². The molecule has 0 radical (unpaired) electrons. The number of likely N-dealkylation sites (tertiary alicyclic amines) is 1. The van der Waals surface area contributed by atoms with E-state index in [9.17, 15) is 9.59 Å². The molecule has 7 heteroatoms. The molecule has 152 valence electrons. The van der Waals surface area contributed by atoms with Crippen LogP contribution in [-0.2, 0) is 14.3 Å². The molecule has 1 saturated heterocycles. The van der Waals surface area contributed by atoms with Gasteiger partial charge in [-0.05, 0) is 31.7 Å². The Bertz CT molecular complexity index is 563. The molecule has 2 rings (SSSR count). The first-order chi connectivity index (χ1) is 12.6. The van der Waals surface area contributed by atoms with Gasteiger partial charge >= 0.3 is 0 Å². The number of halogens is 1. The zero-order chi connectivity index (χ0) is 18.8. The van der Waals surface area contributed by atoms with Crippen LogP contribution in [0.3, 0.4) is 0 Å². The van der Waals surface area contributed by atoms with Crippen molar-refractivity contribution in [1.82, 2.24) is 10.2 Å². The molecular weight excluding hydrogens is 366 g/mol. The van der Waals surface area contributed by atoms with Gasteiger partial charge in [0.15, 0.2) is 0 Å². The lowest BCUT2D eigenvalue weighted by Gasteiger charge is -2.32. The van der Waals surface area contributed by atoms with Gasteiger partial charge < -0.3 is 20.7 Å². The van der Waals surface area contributed by atoms with Crippen LogP contribution in [0.5, 0.6) is 0 Å². The predicted octanol–water partition coefficient (Wildman–Crippen LogP) is 2.28. The number of rotatable bonds is 9. The second-order valence-corrected chi connectivity index (χ2v) is 6.72. The van der Waals surface area contributed by atoms with Gasteiger partial charge in [0.25, 0.3) is 0 Å². The second-order valence-electron chi connectivity index (χ2n) is 6.72. The molecular formula is C20H32ClN3O3. The van der Waals surface area contributed by atoms with Crippen LogP contribution in [0.15, 0.2) is 30.3 Å². The minimum absolute atomic E-state index is 0. The molecule has 1 aliphatic rings. The largest absolute Gasteiger partial charge is 0.382 e. The third-order valence-electron chi connectivity index (χ3n) is 4.81. The maximum absolute atomic E-state index is 12.5. The Labute approximate surface area is 168 Å². The molecule has 0 aliphatic carbocycles. The summed E-state index contributed by atoms with van der Waals surface area (Å²) in [7, 11) is 0. The Morgan fingerprint density at radius 1 is 1.26 bits per heavy atom. The lowest BCUT2D eigenvalue weighted by atomic mass is 9.95. The molecule has 1 aromatic carbocycles. The maximum atomic E-state index is 12.5. The Balaban J connectivity index is 0.00000364. The first-order valence-corrected chi connectivity index (χ1v) is 9.55. The summed E-state index contributed by atoms with van der Waals surface area (Å²) in [6, 6.07) is 9.40. The van der Waals surface area contributed by atoms with Crippen molar-refractivity contribution >= 4 is 24.2 Å². The second kappa shape index (κ2) is 12.7. The summed E-state index contributed by atoms with van der Waals surface area (Å²) < 4.78 is 5.26. The highest BCUT2D eigenvalue weighted by Crippen LogP contribution is 2.20. The van der Waals surface area contributed by atoms with E-state index < -0.39 is 0 Å². The highest BCUT2D eigenvalue weighted by Gasteiger charge is 2.27. The molecule has 27 heavy (non-hydrogen) atoms. The fourth-order valence-electron chi connectivity index (χ4n) is 3.20. The molecule has 1 aromatic rings. The van der Waals surface area contributed by atoms with Crippen LogP contribution in [0, 0.1) is 5.92 Å². The summed E-state index contributed by atoms with van der Waals surface area (Å²) in [6.07, 6.45) is 2.56. The van der Waals surface area contributed by atoms with Crippen LogP contribution in [0.1, 0.15) is 44.2 Å². The summed E-state index contributed by atoms with van der Waals surface area (Å²) >= 11 is 0. The van der Waals surface area contributed by atoms with Gasteiger partial charge in [0.05, 0.1) is 0 Å². The van der Waals surface area contributed by atoms with Gasteiger partial charge in [-0.25, -0.2) is 0 Å². The highest BCUT2D eigenvalue weighted by molar-refractivity contribution is 5.85. The average molecular weight is 398 g/mol. The number of piperidine rings is 1. The van der Waals surface area contributed by atoms with Crippen LogP contribution in [0.2, 0.25) is 0 Å². The van der Waals surface area contributed by atoms with Gasteiger partial charge in [-0.1, -0.05) is 30.3 Å². The normalized spacial score (nSPS) is 15.7. The van der Waals surface area contributed by atoms with Crippen LogP contribution < -0.4 is 11.1 Å². The number of hydrogen-bond donors (Lipinski definition) is 2. The Morgan fingerprint density at radius 3 is 2.56 bits per heavy atom. The summed E-state index contributed by atoms with van der Waals surface area (Å²) in [5.41, 5.74) is 7.12. The molecule has 1 fully saturated rings. The predicted molar refractivity (Wildman–Crippen MR) is 109 cm³/mol. The number of nitrogens with two attached hydrogens (primary N) is 1. The number of benzene rings is 1. The molecule has 1 atom stereocenters. The summed E-state index contributed by atoms with van der Waals surface area (Å²) in [5, 5.41) is 2.97. The minimum Gasteiger partial charge on any atom is -0.382 e. The SMILES string of the molecule is CCOCCCNC(=O)C1CCN(C(=O)CC(N)c2ccccc2)CC1.Cl. The minimum atomic E-state index is -0.282. The Kier molecular flexibility index (Phi) is 11.0. The fraction of sp³-hybridized carbons (Fsp3) is 0.600. The lowest BCUT2D eigenvalue weighted by molar-refractivity contribution is -0.136. The van der Waals surface area contributed by atoms with Crippen molar-refractivity contribution in [3.8, 4) is 0 Å². The van der Waals surface area contributed by atoms with Crippen molar-refractivity contribution in [3.05, 3.63) is 35.9 Å². The number of hydrogen-bond acceptors (Lipinski definition) is 4. The number of carbonyl (C=O) groups excluding carboxylic acids is 2. The van der Waals surface area contributed by atoms with E-state index in [-0.39, 0.29) is 36.2 Å². The van der Waals surface area contributed by atoms with E-state index in [1.165, 1.54) is 0 Å². The number of carbonyl (C=O) groups is 2. The van der Waals surface area contributed by atoms with Crippen LogP contribution in [0.25, 0.3) is 0 Å². The fourth-order valence-corrected chi connectivity index (χ4v) is 3.20. The van der Waals surface area contributed by atoms with Crippen molar-refractivity contribution < 1.29 is 14.3 Å². The van der Waals surface area contributed by atoms with Gasteiger partial charge in [-0.3, -0.25) is 9.59 Å². The molecule has 2 amide bonds. The topological polar surface area (TPSA) is 84.7 Å². The maximum Gasteiger partial charge on any atom is 0.224 e. The van der Waals surface area contributed by atoms with Gasteiger partial charge in [-0.2, -0.15) is 0 Å². The third-order valence-corrected chi connectivity index (χ3v) is 4.81. The third kappa shape index (κ3) is 7.87. The molecule has 0 saturated carbocycles. The van der Waals surface area contributed by atoms with Crippen molar-refractivity contribution in [2.24, 2.45) is 11.7 Å². The van der Waals surface area contributed by atoms with E-state index in [0.717, 1.165) is 12.0 Å². The van der Waals surface area contributed by atoms with E-state index in [1.54, 1.807) is 0 Å². The van der Waals surface area contributed by atoms with Crippen molar-refractivity contribution in [2.45, 2.75) is 38.6 Å². The van der Waals surface area contributed by atoms with Crippen LogP contribution >= 0.6 is 12.4 Å². The first-order valence-electron chi connectivity index (χ1n) is 9.55. The molecule has 0 aromatic heterocycles. The monoisotopic (exact) mass is 397 g/mol. The van der Waals surface area contributed by atoms with Gasteiger partial charge in [0.2, 0.25) is 11.8 Å². The molecule has 1 heterocycles. The molecule has 3 N–H and O–H groups in total. The molecule has 1 aliphatic heterocycles. The summed E-state index contributed by atoms with van der Waals surface area (Å²) in [5.74, 6) is 0.153. The van der Waals surface area contributed by atoms with Crippen molar-refractivity contribution in [3.63, 3.8) is 0 Å². The van der Waals surface area contributed by atoms with Crippen molar-refractivity contribution in [2.75, 3.05) is 32.8 Å². The molecule has 0 spiro atoms. The first kappa shape index (κ1) is 23.4. The zero-order valence-corrected chi connectivity index (χ0v) is 16.9. The van der Waals surface area contributed by atoms with E-state index in [1.807, 2.05) is 42.2 Å². The number of ether oxygens (including phenoxy) is 1. The van der Waals surface area contributed by atoms with Gasteiger partial charge in [0, 0.05) is 51.2 Å². The molecule has 6 nitrogen and oxygen atoms in total. The molecule has 0 bridgehead atoms. The average Bonchev–Trinajstić information content (AvgIpc) is 2.68. The van der Waals surface area contributed by atoms with E-state index in [0.29, 0.717) is 52.1 Å². The lowest BCUT2D eigenvalue weighted by Crippen LogP contribution is -2.43. The smallest absolute Gasteiger partial charge is 0.224 e.